The third-order valence-corrected chi connectivity index (χ3v) is 8.75. The van der Waals surface area contributed by atoms with Crippen molar-refractivity contribution in [2.75, 3.05) is 27.9 Å². The Bertz CT molecular complexity index is 1600. The minimum atomic E-state index is -1.01. The molecule has 1 aromatic carbocycles. The van der Waals surface area contributed by atoms with Gasteiger partial charge in [0.05, 0.1) is 30.6 Å². The first-order chi connectivity index (χ1) is 23.8. The zero-order valence-corrected chi connectivity index (χ0v) is 29.8. The number of rotatable bonds is 8. The van der Waals surface area contributed by atoms with Gasteiger partial charge in [-0.05, 0) is 55.9 Å². The van der Waals surface area contributed by atoms with Crippen LogP contribution in [0.5, 0.6) is 5.75 Å². The summed E-state index contributed by atoms with van der Waals surface area (Å²) in [6.45, 7) is 10.9. The molecule has 1 aliphatic carbocycles. The Morgan fingerprint density at radius 2 is 1.76 bits per heavy atom. The van der Waals surface area contributed by atoms with Gasteiger partial charge >= 0.3 is 6.09 Å². The summed E-state index contributed by atoms with van der Waals surface area (Å²) in [4.78, 5) is 54.3. The highest BCUT2D eigenvalue weighted by atomic mass is 16.6. The number of nitrogens with two attached hydrogens (primary N) is 1. The van der Waals surface area contributed by atoms with Crippen LogP contribution in [0.25, 0.3) is 5.57 Å². The Kier molecular flexibility index (Phi) is 14.5. The summed E-state index contributed by atoms with van der Waals surface area (Å²) < 4.78 is 22.1. The Balaban J connectivity index is 2.25. The Hall–Kier alpha value is -4.78. The number of carbonyl (C=O) groups excluding carboxylic acids is 4. The molecule has 0 saturated heterocycles. The van der Waals surface area contributed by atoms with Crippen LogP contribution in [0.4, 0.5) is 4.79 Å². The topological polar surface area (TPSA) is 176 Å². The summed E-state index contributed by atoms with van der Waals surface area (Å²) >= 11 is 0. The van der Waals surface area contributed by atoms with Crippen LogP contribution in [-0.2, 0) is 28.6 Å². The lowest BCUT2D eigenvalue weighted by molar-refractivity contribution is -0.120. The number of fused-ring (bicyclic) bond motifs is 2. The van der Waals surface area contributed by atoms with Gasteiger partial charge in [-0.2, -0.15) is 0 Å². The van der Waals surface area contributed by atoms with Crippen molar-refractivity contribution in [1.82, 2.24) is 10.6 Å². The van der Waals surface area contributed by atoms with Crippen LogP contribution < -0.4 is 21.1 Å². The summed E-state index contributed by atoms with van der Waals surface area (Å²) in [6.07, 6.45) is 4.01. The largest absolute Gasteiger partial charge is 0.497 e. The number of hydrogen-bond acceptors (Lipinski definition) is 10. The van der Waals surface area contributed by atoms with E-state index in [9.17, 15) is 24.3 Å². The van der Waals surface area contributed by atoms with Crippen LogP contribution in [0, 0.1) is 11.8 Å². The lowest BCUT2D eigenvalue weighted by Gasteiger charge is -2.30. The smallest absolute Gasteiger partial charge is 0.405 e. The van der Waals surface area contributed by atoms with Gasteiger partial charge < -0.3 is 40.4 Å². The maximum atomic E-state index is 14.4. The molecule has 2 bridgehead atoms. The van der Waals surface area contributed by atoms with Crippen molar-refractivity contribution in [1.29, 1.82) is 0 Å². The van der Waals surface area contributed by atoms with Gasteiger partial charge in [-0.3, -0.25) is 14.4 Å². The average molecular weight is 692 g/mol. The van der Waals surface area contributed by atoms with E-state index in [0.717, 1.165) is 0 Å². The lowest BCUT2D eigenvalue weighted by atomic mass is 9.81. The number of ether oxygens (including phenoxy) is 4. The maximum absolute atomic E-state index is 14.4. The van der Waals surface area contributed by atoms with Crippen LogP contribution in [0.3, 0.4) is 0 Å². The van der Waals surface area contributed by atoms with Gasteiger partial charge in [0, 0.05) is 37.8 Å². The fourth-order valence-corrected chi connectivity index (χ4v) is 6.06. The quantitative estimate of drug-likeness (QED) is 0.230. The Morgan fingerprint density at radius 3 is 2.34 bits per heavy atom. The monoisotopic (exact) mass is 691 g/mol. The first-order valence-electron chi connectivity index (χ1n) is 16.4. The molecule has 12 nitrogen and oxygen atoms in total. The molecule has 50 heavy (non-hydrogen) atoms. The second-order valence-electron chi connectivity index (χ2n) is 12.5. The molecule has 270 valence electrons. The van der Waals surface area contributed by atoms with E-state index in [-0.39, 0.29) is 47.0 Å². The molecule has 3 rings (SSSR count). The predicted octanol–water partition coefficient (Wildman–Crippen LogP) is 4.07. The molecular formula is C38H49N3O9. The molecule has 0 spiro atoms. The van der Waals surface area contributed by atoms with E-state index < -0.39 is 53.9 Å². The van der Waals surface area contributed by atoms with Gasteiger partial charge in [-0.15, -0.1) is 6.58 Å². The second-order valence-corrected chi connectivity index (χ2v) is 12.5. The molecule has 2 amide bonds. The van der Waals surface area contributed by atoms with Crippen molar-refractivity contribution in [2.45, 2.75) is 65.0 Å². The minimum Gasteiger partial charge on any atom is -0.497 e. The molecule has 6 atom stereocenters. The van der Waals surface area contributed by atoms with Gasteiger partial charge in [-0.1, -0.05) is 56.4 Å². The molecule has 0 fully saturated rings. The van der Waals surface area contributed by atoms with Crippen molar-refractivity contribution in [3.63, 3.8) is 0 Å². The summed E-state index contributed by atoms with van der Waals surface area (Å²) in [5.74, 6) is -1.79. The van der Waals surface area contributed by atoms with Gasteiger partial charge in [0.15, 0.2) is 6.10 Å². The van der Waals surface area contributed by atoms with Crippen LogP contribution in [-0.4, -0.2) is 81.0 Å². The lowest BCUT2D eigenvalue weighted by Crippen LogP contribution is -2.39. The number of Topliss-reactive ketones (excluding diaryl/α,β-unsaturated/α-hetero) is 2. The summed E-state index contributed by atoms with van der Waals surface area (Å²) in [5, 5.41) is 17.2. The number of carbonyl (C=O) groups is 4. The highest BCUT2D eigenvalue weighted by Gasteiger charge is 2.38. The Morgan fingerprint density at radius 1 is 1.08 bits per heavy atom. The van der Waals surface area contributed by atoms with Crippen LogP contribution in [0.1, 0.15) is 46.1 Å². The average Bonchev–Trinajstić information content (AvgIpc) is 3.09. The highest BCUT2D eigenvalue weighted by Crippen LogP contribution is 2.34. The van der Waals surface area contributed by atoms with Crippen molar-refractivity contribution in [3.8, 4) is 5.75 Å². The molecule has 1 aliphatic heterocycles. The number of nitrogens with one attached hydrogen (secondary N) is 2. The summed E-state index contributed by atoms with van der Waals surface area (Å²) in [6, 6.07) is 6.62. The van der Waals surface area contributed by atoms with E-state index in [1.54, 1.807) is 69.3 Å². The molecule has 12 heteroatoms. The first kappa shape index (κ1) is 39.7. The SMILES string of the molecule is C=CCNC1=C2C[C@@H](C)C[C@H](OC)[C@H](O)[C@@H](C)/C=C(\C)[C@H](OC(N)=O)[C@H](OC)/C=C\C=C(/C)C(=O)NC(=C(c3ccc(OC)cc3)C1=O)C2=O. The van der Waals surface area contributed by atoms with E-state index in [0.29, 0.717) is 23.3 Å². The van der Waals surface area contributed by atoms with E-state index >= 15 is 0 Å². The third-order valence-electron chi connectivity index (χ3n) is 8.75. The molecule has 1 aromatic rings. The summed E-state index contributed by atoms with van der Waals surface area (Å²) in [7, 11) is 4.44. The van der Waals surface area contributed by atoms with E-state index in [1.807, 2.05) is 6.92 Å². The van der Waals surface area contributed by atoms with Crippen molar-refractivity contribution < 1.29 is 43.2 Å². The van der Waals surface area contributed by atoms with Gasteiger partial charge in [0.25, 0.3) is 5.91 Å². The number of primary amides is 1. The molecule has 0 radical (unpaired) electrons. The van der Waals surface area contributed by atoms with Crippen molar-refractivity contribution >= 4 is 29.1 Å². The van der Waals surface area contributed by atoms with Gasteiger partial charge in [0.2, 0.25) is 11.6 Å². The molecule has 2 aliphatic rings. The molecule has 0 unspecified atom stereocenters. The number of aliphatic hydroxyl groups excluding tert-OH is 1. The van der Waals surface area contributed by atoms with Crippen molar-refractivity contribution in [2.24, 2.45) is 17.6 Å². The number of allylic oxidation sites excluding steroid dienone is 4. The highest BCUT2D eigenvalue weighted by molar-refractivity contribution is 6.39. The molecular weight excluding hydrogens is 642 g/mol. The van der Waals surface area contributed by atoms with Crippen LogP contribution >= 0.6 is 0 Å². The predicted molar refractivity (Wildman–Crippen MR) is 190 cm³/mol. The van der Waals surface area contributed by atoms with Gasteiger partial charge in [0.1, 0.15) is 17.6 Å². The zero-order chi connectivity index (χ0) is 37.1. The third kappa shape index (κ3) is 9.68. The summed E-state index contributed by atoms with van der Waals surface area (Å²) in [5.41, 5.74) is 6.76. The normalized spacial score (nSPS) is 28.5. The molecule has 1 heterocycles. The number of amides is 2. The van der Waals surface area contributed by atoms with Gasteiger partial charge in [-0.25, -0.2) is 4.79 Å². The van der Waals surface area contributed by atoms with E-state index in [1.165, 1.54) is 27.4 Å². The van der Waals surface area contributed by atoms with Crippen molar-refractivity contribution in [3.05, 3.63) is 94.9 Å². The van der Waals surface area contributed by atoms with E-state index in [4.69, 9.17) is 24.7 Å². The fourth-order valence-electron chi connectivity index (χ4n) is 6.06. The number of aliphatic hydroxyl groups is 1. The standard InChI is InChI=1S/C38H49N3O9/c1-9-17-40-31-27-18-21(2)19-29(49-8)33(42)23(4)20-24(5)36(50-38(39)46)28(48-7)12-10-11-22(3)37(45)41-32(34(27)43)30(35(31)44)25-13-15-26(47-6)16-14-25/h9-16,20-21,23,28-29,33,36,40,42H,1,17-19H2,2-8H3,(H2,39,46)(H,41,45)/b12-10-,22-11+,24-20+/t21-,23+,28-,29+,33-,36+/m1/s1. The number of methoxy groups -OCH3 is 3. The maximum Gasteiger partial charge on any atom is 0.405 e. The molecule has 0 aromatic heterocycles. The Labute approximate surface area is 293 Å². The zero-order valence-electron chi connectivity index (χ0n) is 29.8. The number of benzene rings is 1. The molecule has 5 N–H and O–H groups in total. The van der Waals surface area contributed by atoms with Crippen LogP contribution in [0.15, 0.2) is 89.3 Å². The second kappa shape index (κ2) is 18.3. The minimum absolute atomic E-state index is 0.0228. The van der Waals surface area contributed by atoms with E-state index in [2.05, 4.69) is 17.2 Å². The fraction of sp³-hybridized carbons (Fsp3) is 0.421. The van der Waals surface area contributed by atoms with Crippen LogP contribution in [0.2, 0.25) is 0 Å². The molecule has 0 saturated carbocycles. The number of ketones is 2. The number of hydrogen-bond donors (Lipinski definition) is 4. The first-order valence-corrected chi connectivity index (χ1v) is 16.4.